The quantitative estimate of drug-likeness (QED) is 0.305. The Morgan fingerprint density at radius 3 is 2.79 bits per heavy atom. The number of amides is 1. The molecule has 2 N–H and O–H groups in total. The van der Waals surface area contributed by atoms with Gasteiger partial charge < -0.3 is 10.4 Å². The zero-order valence-corrected chi connectivity index (χ0v) is 18.0. The molecule has 0 fully saturated rings. The molecule has 9 heteroatoms. The molecule has 0 radical (unpaired) electrons. The fourth-order valence-corrected chi connectivity index (χ4v) is 3.78. The second-order valence-corrected chi connectivity index (χ2v) is 7.64. The molecule has 4 aromatic rings. The first-order chi connectivity index (χ1) is 16.0. The topological polar surface area (TPSA) is 123 Å². The molecule has 33 heavy (non-hydrogen) atoms. The first kappa shape index (κ1) is 21.9. The maximum Gasteiger partial charge on any atom is 0.279 e. The highest BCUT2D eigenvalue weighted by molar-refractivity contribution is 5.94. The molecule has 4 rings (SSSR count). The van der Waals surface area contributed by atoms with Crippen LogP contribution in [0.1, 0.15) is 43.4 Å². The zero-order chi connectivity index (χ0) is 23.4. The highest BCUT2D eigenvalue weighted by Crippen LogP contribution is 2.39. The summed E-state index contributed by atoms with van der Waals surface area (Å²) in [6.45, 7) is 1.99. The van der Waals surface area contributed by atoms with Gasteiger partial charge in [0, 0.05) is 36.6 Å². The van der Waals surface area contributed by atoms with Crippen LogP contribution in [0.5, 0.6) is 5.75 Å². The van der Waals surface area contributed by atoms with Crippen molar-refractivity contribution < 1.29 is 14.8 Å². The van der Waals surface area contributed by atoms with E-state index in [9.17, 15) is 20.0 Å². The Morgan fingerprint density at radius 1 is 1.21 bits per heavy atom. The van der Waals surface area contributed by atoms with Crippen LogP contribution in [0.3, 0.4) is 0 Å². The van der Waals surface area contributed by atoms with Crippen LogP contribution in [-0.2, 0) is 4.79 Å². The molecule has 0 aliphatic rings. The Labute approximate surface area is 189 Å². The zero-order valence-electron chi connectivity index (χ0n) is 18.0. The minimum Gasteiger partial charge on any atom is -0.505 e. The van der Waals surface area contributed by atoms with Gasteiger partial charge in [0.25, 0.3) is 5.69 Å². The van der Waals surface area contributed by atoms with Gasteiger partial charge in [-0.25, -0.2) is 4.68 Å². The summed E-state index contributed by atoms with van der Waals surface area (Å²) in [5.41, 5.74) is 1.51. The molecule has 0 bridgehead atoms. The first-order valence-electron chi connectivity index (χ1n) is 10.6. The van der Waals surface area contributed by atoms with E-state index in [2.05, 4.69) is 15.4 Å². The average molecular weight is 445 g/mol. The number of aromatic hydroxyl groups is 1. The number of nitrogens with zero attached hydrogens (tertiary/aromatic N) is 4. The van der Waals surface area contributed by atoms with E-state index in [1.807, 2.05) is 25.1 Å². The number of nitro benzene ring substituents is 1. The lowest BCUT2D eigenvalue weighted by Crippen LogP contribution is -2.29. The van der Waals surface area contributed by atoms with Crippen LogP contribution < -0.4 is 5.32 Å². The highest BCUT2D eigenvalue weighted by Gasteiger charge is 2.27. The van der Waals surface area contributed by atoms with Crippen LogP contribution >= 0.6 is 0 Å². The van der Waals surface area contributed by atoms with Crippen molar-refractivity contribution in [2.75, 3.05) is 0 Å². The Bertz CT molecular complexity index is 1300. The minimum absolute atomic E-state index is 0.109. The molecule has 1 amide bonds. The third-order valence-corrected chi connectivity index (χ3v) is 5.42. The van der Waals surface area contributed by atoms with Gasteiger partial charge in [-0.3, -0.25) is 19.9 Å². The molecule has 2 aromatic carbocycles. The van der Waals surface area contributed by atoms with Gasteiger partial charge >= 0.3 is 0 Å². The van der Waals surface area contributed by atoms with E-state index >= 15 is 0 Å². The van der Waals surface area contributed by atoms with Crippen LogP contribution in [0.4, 0.5) is 5.69 Å². The molecule has 1 unspecified atom stereocenters. The second-order valence-electron chi connectivity index (χ2n) is 7.64. The predicted octanol–water partition coefficient (Wildman–Crippen LogP) is 4.43. The molecule has 2 aromatic heterocycles. The van der Waals surface area contributed by atoms with Crippen LogP contribution in [0.2, 0.25) is 0 Å². The number of fused-ring (bicyclic) bond motifs is 1. The van der Waals surface area contributed by atoms with E-state index in [0.717, 1.165) is 12.1 Å². The van der Waals surface area contributed by atoms with E-state index < -0.39 is 11.0 Å². The maximum absolute atomic E-state index is 12.7. The Hall–Kier alpha value is -4.27. The standard InChI is InChI=1S/C24H23N5O4/c1-2-3-10-21(30)27-22(16-7-4-8-17(14-16)28-13-6-12-26-28)19-15-20(29(32)33)18-9-5-11-25-23(18)24(19)31/h4-9,11-15,22,31H,2-3,10H2,1H3,(H,27,30). The third-order valence-electron chi connectivity index (χ3n) is 5.42. The largest absolute Gasteiger partial charge is 0.505 e. The number of carbonyl (C=O) groups is 1. The van der Waals surface area contributed by atoms with Crippen LogP contribution in [0.15, 0.2) is 67.1 Å². The lowest BCUT2D eigenvalue weighted by molar-refractivity contribution is -0.383. The lowest BCUT2D eigenvalue weighted by atomic mass is 9.94. The molecule has 0 saturated heterocycles. The van der Waals surface area contributed by atoms with Crippen molar-refractivity contribution in [3.63, 3.8) is 0 Å². The van der Waals surface area contributed by atoms with Crippen LogP contribution in [-0.4, -0.2) is 30.7 Å². The summed E-state index contributed by atoms with van der Waals surface area (Å²) in [4.78, 5) is 28.2. The number of carbonyl (C=O) groups excluding carboxylic acids is 1. The number of benzene rings is 2. The van der Waals surface area contributed by atoms with Crippen LogP contribution in [0.25, 0.3) is 16.6 Å². The Kier molecular flexibility index (Phi) is 6.30. The minimum atomic E-state index is -0.824. The number of nitro groups is 1. The monoisotopic (exact) mass is 445 g/mol. The van der Waals surface area contributed by atoms with Crippen LogP contribution in [0, 0.1) is 10.1 Å². The summed E-state index contributed by atoms with van der Waals surface area (Å²) in [6, 6.07) is 12.7. The number of rotatable bonds is 8. The van der Waals surface area contributed by atoms with E-state index in [1.165, 1.54) is 18.3 Å². The summed E-state index contributed by atoms with van der Waals surface area (Å²) in [6.07, 6.45) is 6.76. The fraction of sp³-hybridized carbons (Fsp3) is 0.208. The number of aromatic nitrogens is 3. The molecule has 0 spiro atoms. The predicted molar refractivity (Wildman–Crippen MR) is 123 cm³/mol. The number of phenolic OH excluding ortho intramolecular Hbond substituents is 1. The lowest BCUT2D eigenvalue weighted by Gasteiger charge is -2.22. The molecule has 0 aliphatic heterocycles. The van der Waals surface area contributed by atoms with Gasteiger partial charge in [0.1, 0.15) is 11.3 Å². The number of hydrogen-bond acceptors (Lipinski definition) is 6. The highest BCUT2D eigenvalue weighted by atomic mass is 16.6. The molecular weight excluding hydrogens is 422 g/mol. The van der Waals surface area contributed by atoms with Crippen molar-refractivity contribution in [3.8, 4) is 11.4 Å². The van der Waals surface area contributed by atoms with E-state index in [-0.39, 0.29) is 33.8 Å². The van der Waals surface area contributed by atoms with Crippen molar-refractivity contribution in [1.29, 1.82) is 0 Å². The fourth-order valence-electron chi connectivity index (χ4n) is 3.78. The molecule has 168 valence electrons. The van der Waals surface area contributed by atoms with E-state index in [1.54, 1.807) is 35.3 Å². The number of phenols is 1. The number of pyridine rings is 1. The summed E-state index contributed by atoms with van der Waals surface area (Å²) in [5.74, 6) is -0.420. The molecule has 0 aliphatic carbocycles. The first-order valence-corrected chi connectivity index (χ1v) is 10.6. The summed E-state index contributed by atoms with van der Waals surface area (Å²) < 4.78 is 1.67. The number of unbranched alkanes of at least 4 members (excludes halogenated alkanes) is 1. The van der Waals surface area contributed by atoms with Gasteiger partial charge in [0.15, 0.2) is 0 Å². The van der Waals surface area contributed by atoms with Gasteiger partial charge in [0.05, 0.1) is 22.0 Å². The summed E-state index contributed by atoms with van der Waals surface area (Å²) >= 11 is 0. The van der Waals surface area contributed by atoms with Gasteiger partial charge in [-0.15, -0.1) is 0 Å². The average Bonchev–Trinajstić information content (AvgIpc) is 3.37. The molecule has 9 nitrogen and oxygen atoms in total. The van der Waals surface area contributed by atoms with Crippen molar-refractivity contribution >= 4 is 22.5 Å². The van der Waals surface area contributed by atoms with E-state index in [4.69, 9.17) is 0 Å². The molecule has 1 atom stereocenters. The summed E-state index contributed by atoms with van der Waals surface area (Å²) in [5, 5.41) is 30.3. The van der Waals surface area contributed by atoms with Gasteiger partial charge in [-0.1, -0.05) is 25.5 Å². The normalized spacial score (nSPS) is 11.9. The van der Waals surface area contributed by atoms with Gasteiger partial charge in [0.2, 0.25) is 5.91 Å². The third kappa shape index (κ3) is 4.52. The van der Waals surface area contributed by atoms with Crippen molar-refractivity contribution in [1.82, 2.24) is 20.1 Å². The van der Waals surface area contributed by atoms with Crippen molar-refractivity contribution in [3.05, 3.63) is 88.4 Å². The number of nitrogens with one attached hydrogen (secondary N) is 1. The summed E-state index contributed by atoms with van der Waals surface area (Å²) in [7, 11) is 0. The number of hydrogen-bond donors (Lipinski definition) is 2. The molecular formula is C24H23N5O4. The SMILES string of the molecule is CCCCC(=O)NC(c1cccc(-n2cccn2)c1)c1cc([N+](=O)[O-])c2cccnc2c1O. The Balaban J connectivity index is 1.88. The van der Waals surface area contributed by atoms with Gasteiger partial charge in [-0.05, 0) is 42.3 Å². The van der Waals surface area contributed by atoms with E-state index in [0.29, 0.717) is 18.4 Å². The number of non-ortho nitro benzene ring substituents is 1. The van der Waals surface area contributed by atoms with Crippen molar-refractivity contribution in [2.45, 2.75) is 32.2 Å². The maximum atomic E-state index is 12.7. The molecule has 2 heterocycles. The van der Waals surface area contributed by atoms with Crippen molar-refractivity contribution in [2.24, 2.45) is 0 Å². The van der Waals surface area contributed by atoms with Gasteiger partial charge in [-0.2, -0.15) is 5.10 Å². The Morgan fingerprint density at radius 2 is 2.06 bits per heavy atom. The smallest absolute Gasteiger partial charge is 0.279 e. The molecule has 0 saturated carbocycles. The second kappa shape index (κ2) is 9.47.